The third-order valence-electron chi connectivity index (χ3n) is 2.13. The molecule has 5 heteroatoms. The molecule has 0 radical (unpaired) electrons. The minimum Gasteiger partial charge on any atom is -0.388 e. The van der Waals surface area contributed by atoms with Crippen LogP contribution < -0.4 is 0 Å². The van der Waals surface area contributed by atoms with Crippen LogP contribution in [0.15, 0.2) is 0 Å². The second kappa shape index (κ2) is 3.93. The van der Waals surface area contributed by atoms with Crippen molar-refractivity contribution in [3.63, 3.8) is 0 Å². The smallest absolute Gasteiger partial charge is 0.111 e. The van der Waals surface area contributed by atoms with Gasteiger partial charge in [0.2, 0.25) is 0 Å². The summed E-state index contributed by atoms with van der Waals surface area (Å²) in [5.74, 6) is 0.329. The maximum absolute atomic E-state index is 9.34. The van der Waals surface area contributed by atoms with E-state index in [-0.39, 0.29) is 0 Å². The van der Waals surface area contributed by atoms with Crippen molar-refractivity contribution in [3.8, 4) is 0 Å². The number of thiol groups is 1. The SMILES string of the molecule is C[C@H]1OC(CS)C(O)C(O)C1O. The van der Waals surface area contributed by atoms with E-state index in [1.807, 2.05) is 0 Å². The van der Waals surface area contributed by atoms with Crippen molar-refractivity contribution >= 4 is 12.6 Å². The lowest BCUT2D eigenvalue weighted by Gasteiger charge is -2.38. The van der Waals surface area contributed by atoms with Gasteiger partial charge in [0.05, 0.1) is 12.2 Å². The van der Waals surface area contributed by atoms with E-state index in [2.05, 4.69) is 12.6 Å². The Hall–Kier alpha value is 0.190. The molecular formula is C7H14O4S. The number of aliphatic hydroxyl groups excluding tert-OH is 3. The van der Waals surface area contributed by atoms with Gasteiger partial charge in [0.1, 0.15) is 18.3 Å². The summed E-state index contributed by atoms with van der Waals surface area (Å²) in [6, 6.07) is 0. The molecule has 1 aliphatic rings. The van der Waals surface area contributed by atoms with Crippen LogP contribution in [0.5, 0.6) is 0 Å². The number of rotatable bonds is 1. The zero-order valence-electron chi connectivity index (χ0n) is 6.79. The zero-order chi connectivity index (χ0) is 9.30. The van der Waals surface area contributed by atoms with Crippen LogP contribution >= 0.6 is 12.6 Å². The molecule has 1 saturated heterocycles. The monoisotopic (exact) mass is 194 g/mol. The summed E-state index contributed by atoms with van der Waals surface area (Å²) in [4.78, 5) is 0. The van der Waals surface area contributed by atoms with Crippen molar-refractivity contribution in [1.82, 2.24) is 0 Å². The van der Waals surface area contributed by atoms with E-state index in [4.69, 9.17) is 4.74 Å². The Morgan fingerprint density at radius 1 is 1.17 bits per heavy atom. The van der Waals surface area contributed by atoms with Gasteiger partial charge in [-0.3, -0.25) is 0 Å². The van der Waals surface area contributed by atoms with Crippen LogP contribution in [0.3, 0.4) is 0 Å². The molecule has 0 bridgehead atoms. The lowest BCUT2D eigenvalue weighted by molar-refractivity contribution is -0.210. The molecule has 1 aliphatic heterocycles. The van der Waals surface area contributed by atoms with E-state index in [1.54, 1.807) is 6.92 Å². The summed E-state index contributed by atoms with van der Waals surface area (Å²) < 4.78 is 5.19. The largest absolute Gasteiger partial charge is 0.388 e. The van der Waals surface area contributed by atoms with Crippen LogP contribution in [0.4, 0.5) is 0 Å². The van der Waals surface area contributed by atoms with E-state index in [0.29, 0.717) is 5.75 Å². The summed E-state index contributed by atoms with van der Waals surface area (Å²) in [6.07, 6.45) is -4.15. The van der Waals surface area contributed by atoms with Gasteiger partial charge in [-0.25, -0.2) is 0 Å². The molecule has 12 heavy (non-hydrogen) atoms. The minimum absolute atomic E-state index is 0.329. The van der Waals surface area contributed by atoms with Crippen molar-refractivity contribution in [1.29, 1.82) is 0 Å². The second-order valence-electron chi connectivity index (χ2n) is 3.03. The molecule has 1 rings (SSSR count). The van der Waals surface area contributed by atoms with Gasteiger partial charge in [0.25, 0.3) is 0 Å². The van der Waals surface area contributed by atoms with Crippen LogP contribution in [0.25, 0.3) is 0 Å². The Balaban J connectivity index is 2.63. The minimum atomic E-state index is -1.13. The van der Waals surface area contributed by atoms with Crippen LogP contribution in [0, 0.1) is 0 Å². The molecule has 72 valence electrons. The van der Waals surface area contributed by atoms with E-state index in [1.165, 1.54) is 0 Å². The molecule has 0 aromatic rings. The highest BCUT2D eigenvalue weighted by atomic mass is 32.1. The fourth-order valence-corrected chi connectivity index (χ4v) is 1.59. The predicted molar refractivity (Wildman–Crippen MR) is 46.2 cm³/mol. The number of hydrogen-bond acceptors (Lipinski definition) is 5. The third-order valence-corrected chi connectivity index (χ3v) is 2.49. The van der Waals surface area contributed by atoms with Gasteiger partial charge >= 0.3 is 0 Å². The Labute approximate surface area is 76.6 Å². The van der Waals surface area contributed by atoms with Crippen molar-refractivity contribution in [2.45, 2.75) is 37.4 Å². The lowest BCUT2D eigenvalue weighted by atomic mass is 9.97. The molecular weight excluding hydrogens is 180 g/mol. The molecule has 0 aliphatic carbocycles. The second-order valence-corrected chi connectivity index (χ2v) is 3.40. The highest BCUT2D eigenvalue weighted by Gasteiger charge is 2.40. The van der Waals surface area contributed by atoms with Crippen molar-refractivity contribution in [2.24, 2.45) is 0 Å². The molecule has 4 unspecified atom stereocenters. The topological polar surface area (TPSA) is 69.9 Å². The average molecular weight is 194 g/mol. The fourth-order valence-electron chi connectivity index (χ4n) is 1.29. The quantitative estimate of drug-likeness (QED) is 0.395. The molecule has 3 N–H and O–H groups in total. The molecule has 1 heterocycles. The van der Waals surface area contributed by atoms with Gasteiger partial charge in [-0.05, 0) is 6.92 Å². The number of aliphatic hydroxyl groups is 3. The van der Waals surface area contributed by atoms with Gasteiger partial charge in [-0.2, -0.15) is 12.6 Å². The fraction of sp³-hybridized carbons (Fsp3) is 1.00. The van der Waals surface area contributed by atoms with E-state index in [0.717, 1.165) is 0 Å². The maximum atomic E-state index is 9.34. The van der Waals surface area contributed by atoms with Crippen molar-refractivity contribution in [3.05, 3.63) is 0 Å². The summed E-state index contributed by atoms with van der Waals surface area (Å²) >= 11 is 3.96. The van der Waals surface area contributed by atoms with E-state index >= 15 is 0 Å². The molecule has 0 spiro atoms. The van der Waals surface area contributed by atoms with Gasteiger partial charge in [-0.15, -0.1) is 0 Å². The summed E-state index contributed by atoms with van der Waals surface area (Å²) in [7, 11) is 0. The maximum Gasteiger partial charge on any atom is 0.111 e. The third kappa shape index (κ3) is 1.75. The molecule has 5 atom stereocenters. The van der Waals surface area contributed by atoms with E-state index < -0.39 is 30.5 Å². The highest BCUT2D eigenvalue weighted by molar-refractivity contribution is 7.80. The first-order valence-corrected chi connectivity index (χ1v) is 4.51. The number of hydrogen-bond donors (Lipinski definition) is 4. The van der Waals surface area contributed by atoms with Crippen molar-refractivity contribution in [2.75, 3.05) is 5.75 Å². The lowest BCUT2D eigenvalue weighted by Crippen LogP contribution is -2.57. The first-order chi connectivity index (χ1) is 5.57. The van der Waals surface area contributed by atoms with Crippen LogP contribution in [0.1, 0.15) is 6.92 Å². The average Bonchev–Trinajstić information content (AvgIpc) is 2.08. The standard InChI is InChI=1S/C7H14O4S/c1-3-5(8)7(10)6(9)4(2-12)11-3/h3-10,12H,2H2,1H3/t3-,4?,5?,6?,7?/m1/s1. The first kappa shape index (κ1) is 10.3. The normalized spacial score (nSPS) is 49.2. The summed E-state index contributed by atoms with van der Waals surface area (Å²) in [5.41, 5.74) is 0. The van der Waals surface area contributed by atoms with Gasteiger partial charge in [-0.1, -0.05) is 0 Å². The summed E-state index contributed by atoms with van der Waals surface area (Å²) in [5, 5.41) is 27.9. The molecule has 0 aromatic carbocycles. The van der Waals surface area contributed by atoms with Crippen LogP contribution in [0.2, 0.25) is 0 Å². The van der Waals surface area contributed by atoms with Gasteiger partial charge < -0.3 is 20.1 Å². The first-order valence-electron chi connectivity index (χ1n) is 3.88. The molecule has 0 aromatic heterocycles. The Kier molecular flexibility index (Phi) is 3.37. The van der Waals surface area contributed by atoms with Gasteiger partial charge in [0, 0.05) is 5.75 Å². The molecule has 0 amide bonds. The highest BCUT2D eigenvalue weighted by Crippen LogP contribution is 2.21. The summed E-state index contributed by atoms with van der Waals surface area (Å²) in [6.45, 7) is 1.65. The molecule has 1 fully saturated rings. The van der Waals surface area contributed by atoms with Gasteiger partial charge in [0.15, 0.2) is 0 Å². The Morgan fingerprint density at radius 3 is 2.25 bits per heavy atom. The van der Waals surface area contributed by atoms with Crippen LogP contribution in [-0.4, -0.2) is 51.6 Å². The predicted octanol–water partition coefficient (Wildman–Crippen LogP) is -1.21. The van der Waals surface area contributed by atoms with E-state index in [9.17, 15) is 15.3 Å². The van der Waals surface area contributed by atoms with Crippen molar-refractivity contribution < 1.29 is 20.1 Å². The number of ether oxygens (including phenoxy) is 1. The zero-order valence-corrected chi connectivity index (χ0v) is 7.69. The Bertz CT molecular complexity index is 150. The molecule has 0 saturated carbocycles. The van der Waals surface area contributed by atoms with Crippen LogP contribution in [-0.2, 0) is 4.74 Å². The molecule has 4 nitrogen and oxygen atoms in total. The Morgan fingerprint density at radius 2 is 1.75 bits per heavy atom.